The minimum atomic E-state index is -1.17. The molecule has 0 aromatic heterocycles. The summed E-state index contributed by atoms with van der Waals surface area (Å²) in [6, 6.07) is 8.87. The molecular formula is C12H11FO2. The number of aliphatic carboxylic acids is 1. The van der Waals surface area contributed by atoms with Crippen molar-refractivity contribution in [2.75, 3.05) is 0 Å². The summed E-state index contributed by atoms with van der Waals surface area (Å²) in [4.78, 5) is 10.4. The van der Waals surface area contributed by atoms with Crippen LogP contribution >= 0.6 is 0 Å². The van der Waals surface area contributed by atoms with Gasteiger partial charge in [-0.25, -0.2) is 9.18 Å². The van der Waals surface area contributed by atoms with Crippen LogP contribution in [0, 0.1) is 0 Å². The maximum atomic E-state index is 13.2. The van der Waals surface area contributed by atoms with Crippen LogP contribution in [0.5, 0.6) is 0 Å². The monoisotopic (exact) mass is 206 g/mol. The zero-order valence-electron chi connectivity index (χ0n) is 8.11. The third-order valence-corrected chi connectivity index (χ3v) is 1.81. The lowest BCUT2D eigenvalue weighted by molar-refractivity contribution is -0.132. The molecule has 0 fully saturated rings. The first kappa shape index (κ1) is 11.2. The van der Waals surface area contributed by atoms with Crippen LogP contribution in [0.15, 0.2) is 48.3 Å². The molecule has 0 radical (unpaired) electrons. The van der Waals surface area contributed by atoms with Gasteiger partial charge in [-0.2, -0.15) is 0 Å². The highest BCUT2D eigenvalue weighted by atomic mass is 19.1. The third-order valence-electron chi connectivity index (χ3n) is 1.81. The predicted molar refractivity (Wildman–Crippen MR) is 56.9 cm³/mol. The standard InChI is InChI=1S/C12H11FO2/c1-9(12(14)15)7-11(13)8-10-5-3-2-4-6-10/h2-6,8H,1,7H2,(H,14,15). The quantitative estimate of drug-likeness (QED) is 0.769. The van der Waals surface area contributed by atoms with Crippen molar-refractivity contribution in [2.24, 2.45) is 0 Å². The molecule has 0 aliphatic heterocycles. The minimum Gasteiger partial charge on any atom is -0.478 e. The van der Waals surface area contributed by atoms with Gasteiger partial charge in [0.05, 0.1) is 0 Å². The Morgan fingerprint density at radius 2 is 2.00 bits per heavy atom. The number of allylic oxidation sites excluding steroid dienone is 1. The van der Waals surface area contributed by atoms with Crippen molar-refractivity contribution in [1.82, 2.24) is 0 Å². The zero-order chi connectivity index (χ0) is 11.3. The van der Waals surface area contributed by atoms with Crippen LogP contribution in [0.4, 0.5) is 4.39 Å². The van der Waals surface area contributed by atoms with Crippen LogP contribution < -0.4 is 0 Å². The van der Waals surface area contributed by atoms with Gasteiger partial charge in [0.25, 0.3) is 0 Å². The van der Waals surface area contributed by atoms with Crippen LogP contribution in [-0.4, -0.2) is 11.1 Å². The molecule has 78 valence electrons. The second kappa shape index (κ2) is 5.10. The fourth-order valence-electron chi connectivity index (χ4n) is 1.06. The molecular weight excluding hydrogens is 195 g/mol. The fourth-order valence-corrected chi connectivity index (χ4v) is 1.06. The van der Waals surface area contributed by atoms with E-state index in [0.29, 0.717) is 5.56 Å². The fraction of sp³-hybridized carbons (Fsp3) is 0.0833. The predicted octanol–water partition coefficient (Wildman–Crippen LogP) is 3.03. The lowest BCUT2D eigenvalue weighted by Gasteiger charge is -1.98. The number of rotatable bonds is 4. The normalized spacial score (nSPS) is 11.1. The lowest BCUT2D eigenvalue weighted by Crippen LogP contribution is -1.98. The number of carboxylic acid groups (broad SMARTS) is 1. The van der Waals surface area contributed by atoms with Gasteiger partial charge in [0.2, 0.25) is 0 Å². The van der Waals surface area contributed by atoms with Crippen molar-refractivity contribution in [3.63, 3.8) is 0 Å². The number of carbonyl (C=O) groups is 1. The molecule has 0 heterocycles. The summed E-state index contributed by atoms with van der Waals surface area (Å²) in [6.45, 7) is 3.26. The maximum Gasteiger partial charge on any atom is 0.331 e. The van der Waals surface area contributed by atoms with E-state index in [-0.39, 0.29) is 12.0 Å². The van der Waals surface area contributed by atoms with E-state index in [1.165, 1.54) is 6.08 Å². The van der Waals surface area contributed by atoms with Crippen LogP contribution in [0.3, 0.4) is 0 Å². The molecule has 0 amide bonds. The molecule has 15 heavy (non-hydrogen) atoms. The van der Waals surface area contributed by atoms with Crippen LogP contribution in [-0.2, 0) is 4.79 Å². The average molecular weight is 206 g/mol. The molecule has 0 saturated heterocycles. The SMILES string of the molecule is C=C(CC(F)=Cc1ccccc1)C(=O)O. The molecule has 1 aromatic carbocycles. The molecule has 0 saturated carbocycles. The molecule has 0 aliphatic rings. The van der Waals surface area contributed by atoms with Crippen molar-refractivity contribution >= 4 is 12.0 Å². The summed E-state index contributed by atoms with van der Waals surface area (Å²) in [5.41, 5.74) is 0.549. The summed E-state index contributed by atoms with van der Waals surface area (Å²) in [7, 11) is 0. The zero-order valence-corrected chi connectivity index (χ0v) is 8.11. The van der Waals surface area contributed by atoms with E-state index in [1.54, 1.807) is 24.3 Å². The van der Waals surface area contributed by atoms with E-state index in [9.17, 15) is 9.18 Å². The van der Waals surface area contributed by atoms with Crippen LogP contribution in [0.25, 0.3) is 6.08 Å². The highest BCUT2D eigenvalue weighted by Gasteiger charge is 2.06. The molecule has 1 N–H and O–H groups in total. The summed E-state index contributed by atoms with van der Waals surface area (Å²) < 4.78 is 13.2. The van der Waals surface area contributed by atoms with Gasteiger partial charge in [-0.05, 0) is 11.6 Å². The van der Waals surface area contributed by atoms with E-state index in [0.717, 1.165) is 0 Å². The van der Waals surface area contributed by atoms with Gasteiger partial charge < -0.3 is 5.11 Å². The number of hydrogen-bond donors (Lipinski definition) is 1. The second-order valence-corrected chi connectivity index (χ2v) is 3.09. The topological polar surface area (TPSA) is 37.3 Å². The first-order valence-electron chi connectivity index (χ1n) is 4.42. The molecule has 1 aromatic rings. The Labute approximate surface area is 87.4 Å². The van der Waals surface area contributed by atoms with E-state index >= 15 is 0 Å². The highest BCUT2D eigenvalue weighted by molar-refractivity contribution is 5.86. The molecule has 0 aliphatic carbocycles. The van der Waals surface area contributed by atoms with Gasteiger partial charge >= 0.3 is 5.97 Å². The average Bonchev–Trinajstić information content (AvgIpc) is 2.18. The number of carboxylic acids is 1. The van der Waals surface area contributed by atoms with Gasteiger partial charge in [0, 0.05) is 12.0 Å². The molecule has 1 rings (SSSR count). The molecule has 0 spiro atoms. The van der Waals surface area contributed by atoms with Crippen LogP contribution in [0.1, 0.15) is 12.0 Å². The Hall–Kier alpha value is -1.90. The highest BCUT2D eigenvalue weighted by Crippen LogP contribution is 2.15. The van der Waals surface area contributed by atoms with Gasteiger partial charge in [-0.1, -0.05) is 36.9 Å². The van der Waals surface area contributed by atoms with Gasteiger partial charge in [-0.3, -0.25) is 0 Å². The number of benzene rings is 1. The number of hydrogen-bond acceptors (Lipinski definition) is 1. The van der Waals surface area contributed by atoms with E-state index in [1.807, 2.05) is 6.07 Å². The Morgan fingerprint density at radius 1 is 1.40 bits per heavy atom. The largest absolute Gasteiger partial charge is 0.478 e. The molecule has 0 atom stereocenters. The molecule has 2 nitrogen and oxygen atoms in total. The van der Waals surface area contributed by atoms with E-state index in [2.05, 4.69) is 6.58 Å². The van der Waals surface area contributed by atoms with Crippen molar-refractivity contribution in [3.05, 3.63) is 53.9 Å². The van der Waals surface area contributed by atoms with Gasteiger partial charge in [-0.15, -0.1) is 0 Å². The Bertz CT molecular complexity index is 393. The Kier molecular flexibility index (Phi) is 3.80. The first-order valence-corrected chi connectivity index (χ1v) is 4.42. The van der Waals surface area contributed by atoms with Crippen molar-refractivity contribution in [3.8, 4) is 0 Å². The molecule has 0 unspecified atom stereocenters. The Morgan fingerprint density at radius 3 is 2.53 bits per heavy atom. The maximum absolute atomic E-state index is 13.2. The number of halogens is 1. The molecule has 3 heteroatoms. The first-order chi connectivity index (χ1) is 7.09. The third kappa shape index (κ3) is 3.77. The summed E-state index contributed by atoms with van der Waals surface area (Å²) in [6.07, 6.45) is 1.04. The summed E-state index contributed by atoms with van der Waals surface area (Å²) in [5, 5.41) is 8.50. The minimum absolute atomic E-state index is 0.153. The van der Waals surface area contributed by atoms with Crippen molar-refractivity contribution in [1.29, 1.82) is 0 Å². The lowest BCUT2D eigenvalue weighted by atomic mass is 10.1. The summed E-state index contributed by atoms with van der Waals surface area (Å²) in [5.74, 6) is -1.68. The van der Waals surface area contributed by atoms with Gasteiger partial charge in [0.1, 0.15) is 5.83 Å². The van der Waals surface area contributed by atoms with Gasteiger partial charge in [0.15, 0.2) is 0 Å². The smallest absolute Gasteiger partial charge is 0.331 e. The molecule has 0 bridgehead atoms. The second-order valence-electron chi connectivity index (χ2n) is 3.09. The summed E-state index contributed by atoms with van der Waals surface area (Å²) >= 11 is 0. The van der Waals surface area contributed by atoms with Crippen molar-refractivity contribution in [2.45, 2.75) is 6.42 Å². The Balaban J connectivity index is 2.69. The van der Waals surface area contributed by atoms with E-state index in [4.69, 9.17) is 5.11 Å². The van der Waals surface area contributed by atoms with Crippen molar-refractivity contribution < 1.29 is 14.3 Å². The van der Waals surface area contributed by atoms with Crippen LogP contribution in [0.2, 0.25) is 0 Å². The van der Waals surface area contributed by atoms with E-state index < -0.39 is 11.8 Å².